The largest absolute Gasteiger partial charge is 0.493 e. The van der Waals surface area contributed by atoms with Gasteiger partial charge in [-0.2, -0.15) is 0 Å². The van der Waals surface area contributed by atoms with E-state index < -0.39 is 6.10 Å². The smallest absolute Gasteiger partial charge is 0.265 e. The zero-order valence-corrected chi connectivity index (χ0v) is 16.1. The average Bonchev–Trinajstić information content (AvgIpc) is 2.69. The highest BCUT2D eigenvalue weighted by molar-refractivity contribution is 5.94. The predicted octanol–water partition coefficient (Wildman–Crippen LogP) is 2.85. The van der Waals surface area contributed by atoms with E-state index in [0.29, 0.717) is 11.5 Å². The molecule has 1 N–H and O–H groups in total. The molecule has 6 heteroatoms. The van der Waals surface area contributed by atoms with Crippen LogP contribution in [0.15, 0.2) is 48.5 Å². The van der Waals surface area contributed by atoms with E-state index in [1.807, 2.05) is 36.4 Å². The molecule has 1 atom stereocenters. The number of anilines is 2. The number of methoxy groups -OCH3 is 1. The summed E-state index contributed by atoms with van der Waals surface area (Å²) in [5.74, 6) is 0.954. The number of rotatable bonds is 6. The Labute approximate surface area is 160 Å². The highest BCUT2D eigenvalue weighted by Crippen LogP contribution is 2.27. The van der Waals surface area contributed by atoms with Crippen LogP contribution in [-0.4, -0.2) is 57.2 Å². The summed E-state index contributed by atoms with van der Waals surface area (Å²) in [7, 11) is 3.72. The van der Waals surface area contributed by atoms with Crippen LogP contribution in [0.4, 0.5) is 11.4 Å². The molecule has 0 aliphatic carbocycles. The third kappa shape index (κ3) is 4.92. The van der Waals surface area contributed by atoms with Crippen LogP contribution >= 0.6 is 0 Å². The first kappa shape index (κ1) is 19.0. The number of benzene rings is 2. The third-order valence-corrected chi connectivity index (χ3v) is 4.75. The van der Waals surface area contributed by atoms with E-state index in [1.54, 1.807) is 26.2 Å². The molecule has 1 aliphatic rings. The number of amides is 1. The lowest BCUT2D eigenvalue weighted by atomic mass is 10.2. The molecule has 0 spiro atoms. The number of ether oxygens (including phenoxy) is 2. The van der Waals surface area contributed by atoms with Crippen molar-refractivity contribution in [2.45, 2.75) is 13.0 Å². The molecule has 1 heterocycles. The molecule has 0 radical (unpaired) electrons. The van der Waals surface area contributed by atoms with Gasteiger partial charge in [-0.15, -0.1) is 0 Å². The second-order valence-corrected chi connectivity index (χ2v) is 6.74. The van der Waals surface area contributed by atoms with Crippen LogP contribution in [0.1, 0.15) is 6.92 Å². The zero-order valence-electron chi connectivity index (χ0n) is 16.1. The average molecular weight is 369 g/mol. The predicted molar refractivity (Wildman–Crippen MR) is 108 cm³/mol. The molecule has 0 saturated carbocycles. The molecule has 1 aliphatic heterocycles. The molecular formula is C21H27N3O3. The molecule has 2 aromatic rings. The summed E-state index contributed by atoms with van der Waals surface area (Å²) in [5.41, 5.74) is 1.94. The molecule has 0 unspecified atom stereocenters. The second kappa shape index (κ2) is 8.77. The summed E-state index contributed by atoms with van der Waals surface area (Å²) >= 11 is 0. The molecule has 6 nitrogen and oxygen atoms in total. The Morgan fingerprint density at radius 2 is 1.63 bits per heavy atom. The van der Waals surface area contributed by atoms with Crippen LogP contribution in [0.5, 0.6) is 11.5 Å². The fourth-order valence-corrected chi connectivity index (χ4v) is 3.02. The summed E-state index contributed by atoms with van der Waals surface area (Å²) in [6.07, 6.45) is -0.640. The minimum atomic E-state index is -0.640. The molecule has 1 saturated heterocycles. The third-order valence-electron chi connectivity index (χ3n) is 4.75. The van der Waals surface area contributed by atoms with E-state index >= 15 is 0 Å². The Hall–Kier alpha value is -2.73. The van der Waals surface area contributed by atoms with Crippen molar-refractivity contribution < 1.29 is 14.3 Å². The number of para-hydroxylation sites is 2. The van der Waals surface area contributed by atoms with Crippen molar-refractivity contribution in [3.8, 4) is 11.5 Å². The SMILES string of the molecule is COc1ccccc1O[C@H](C)C(=O)Nc1ccc(N2CCN(C)CC2)cc1. The van der Waals surface area contributed by atoms with Gasteiger partial charge in [-0.25, -0.2) is 0 Å². The van der Waals surface area contributed by atoms with Crippen LogP contribution < -0.4 is 19.7 Å². The van der Waals surface area contributed by atoms with Gasteiger partial charge in [-0.3, -0.25) is 4.79 Å². The topological polar surface area (TPSA) is 54.0 Å². The van der Waals surface area contributed by atoms with Gasteiger partial charge in [0.15, 0.2) is 17.6 Å². The molecule has 3 rings (SSSR count). The minimum absolute atomic E-state index is 0.201. The first-order valence-corrected chi connectivity index (χ1v) is 9.21. The standard InChI is InChI=1S/C21H27N3O3/c1-16(27-20-7-5-4-6-19(20)26-3)21(25)22-17-8-10-18(11-9-17)24-14-12-23(2)13-15-24/h4-11,16H,12-15H2,1-3H3,(H,22,25)/t16-/m1/s1. The summed E-state index contributed by atoms with van der Waals surface area (Å²) in [6, 6.07) is 15.3. The van der Waals surface area contributed by atoms with E-state index in [9.17, 15) is 4.79 Å². The maximum absolute atomic E-state index is 12.4. The maximum Gasteiger partial charge on any atom is 0.265 e. The number of nitrogens with one attached hydrogen (secondary N) is 1. The Bertz CT molecular complexity index is 756. The summed E-state index contributed by atoms with van der Waals surface area (Å²) in [5, 5.41) is 2.91. The molecular weight excluding hydrogens is 342 g/mol. The van der Waals surface area contributed by atoms with Gasteiger partial charge in [-0.1, -0.05) is 12.1 Å². The van der Waals surface area contributed by atoms with Gasteiger partial charge in [0.1, 0.15) is 0 Å². The summed E-state index contributed by atoms with van der Waals surface area (Å²) in [6.45, 7) is 5.89. The lowest BCUT2D eigenvalue weighted by Gasteiger charge is -2.34. The first-order valence-electron chi connectivity index (χ1n) is 9.21. The van der Waals surface area contributed by atoms with E-state index in [2.05, 4.69) is 22.2 Å². The summed E-state index contributed by atoms with van der Waals surface area (Å²) < 4.78 is 11.0. The number of hydrogen-bond acceptors (Lipinski definition) is 5. The van der Waals surface area contributed by atoms with Crippen LogP contribution in [-0.2, 0) is 4.79 Å². The van der Waals surface area contributed by atoms with Gasteiger partial charge in [0.25, 0.3) is 5.91 Å². The van der Waals surface area contributed by atoms with E-state index in [-0.39, 0.29) is 5.91 Å². The fraction of sp³-hybridized carbons (Fsp3) is 0.381. The van der Waals surface area contributed by atoms with Crippen molar-refractivity contribution in [1.82, 2.24) is 4.90 Å². The van der Waals surface area contributed by atoms with Gasteiger partial charge in [0.05, 0.1) is 7.11 Å². The monoisotopic (exact) mass is 369 g/mol. The maximum atomic E-state index is 12.4. The number of carbonyl (C=O) groups is 1. The normalized spacial score (nSPS) is 15.9. The van der Waals surface area contributed by atoms with Crippen molar-refractivity contribution in [3.05, 3.63) is 48.5 Å². The number of piperazine rings is 1. The second-order valence-electron chi connectivity index (χ2n) is 6.74. The fourth-order valence-electron chi connectivity index (χ4n) is 3.02. The first-order chi connectivity index (χ1) is 13.1. The molecule has 0 bridgehead atoms. The van der Waals surface area contributed by atoms with Crippen LogP contribution in [0, 0.1) is 0 Å². The van der Waals surface area contributed by atoms with Gasteiger partial charge < -0.3 is 24.6 Å². The van der Waals surface area contributed by atoms with Crippen molar-refractivity contribution in [2.24, 2.45) is 0 Å². The van der Waals surface area contributed by atoms with E-state index in [0.717, 1.165) is 31.9 Å². The van der Waals surface area contributed by atoms with Crippen LogP contribution in [0.2, 0.25) is 0 Å². The Balaban J connectivity index is 1.57. The number of hydrogen-bond donors (Lipinski definition) is 1. The van der Waals surface area contributed by atoms with Gasteiger partial charge >= 0.3 is 0 Å². The highest BCUT2D eigenvalue weighted by Gasteiger charge is 2.18. The van der Waals surface area contributed by atoms with Crippen LogP contribution in [0.3, 0.4) is 0 Å². The number of likely N-dealkylation sites (N-methyl/N-ethyl adjacent to an activating group) is 1. The van der Waals surface area contributed by atoms with E-state index in [4.69, 9.17) is 9.47 Å². The molecule has 2 aromatic carbocycles. The zero-order chi connectivity index (χ0) is 19.2. The molecule has 144 valence electrons. The van der Waals surface area contributed by atoms with Gasteiger partial charge in [0, 0.05) is 37.6 Å². The van der Waals surface area contributed by atoms with Crippen molar-refractivity contribution in [3.63, 3.8) is 0 Å². The Morgan fingerprint density at radius 3 is 2.26 bits per heavy atom. The lowest BCUT2D eigenvalue weighted by Crippen LogP contribution is -2.44. The quantitative estimate of drug-likeness (QED) is 0.849. The highest BCUT2D eigenvalue weighted by atomic mass is 16.5. The van der Waals surface area contributed by atoms with Gasteiger partial charge in [-0.05, 0) is 50.4 Å². The molecule has 0 aromatic heterocycles. The number of nitrogens with zero attached hydrogens (tertiary/aromatic N) is 2. The Morgan fingerprint density at radius 1 is 1.00 bits per heavy atom. The molecule has 1 amide bonds. The van der Waals surface area contributed by atoms with Crippen LogP contribution in [0.25, 0.3) is 0 Å². The van der Waals surface area contributed by atoms with Crippen molar-refractivity contribution in [1.29, 1.82) is 0 Å². The van der Waals surface area contributed by atoms with Crippen molar-refractivity contribution >= 4 is 17.3 Å². The van der Waals surface area contributed by atoms with Crippen molar-refractivity contribution in [2.75, 3.05) is 50.6 Å². The minimum Gasteiger partial charge on any atom is -0.493 e. The Kier molecular flexibility index (Phi) is 6.19. The lowest BCUT2D eigenvalue weighted by molar-refractivity contribution is -0.122. The molecule has 27 heavy (non-hydrogen) atoms. The molecule has 1 fully saturated rings. The van der Waals surface area contributed by atoms with E-state index in [1.165, 1.54) is 5.69 Å². The number of carbonyl (C=O) groups excluding carboxylic acids is 1. The summed E-state index contributed by atoms with van der Waals surface area (Å²) in [4.78, 5) is 17.1. The van der Waals surface area contributed by atoms with Gasteiger partial charge in [0.2, 0.25) is 0 Å².